The number of nitrogens with zero attached hydrogens (tertiary/aromatic N) is 1. The molecule has 0 amide bonds. The Hall–Kier alpha value is -1.36. The summed E-state index contributed by atoms with van der Waals surface area (Å²) in [6.07, 6.45) is 3.14. The van der Waals surface area contributed by atoms with Crippen molar-refractivity contribution in [1.29, 1.82) is 0 Å². The number of aryl methyl sites for hydroxylation is 1. The van der Waals surface area contributed by atoms with Gasteiger partial charge in [0.25, 0.3) is 0 Å². The van der Waals surface area contributed by atoms with Gasteiger partial charge in [-0.1, -0.05) is 18.2 Å². The molecule has 21 heavy (non-hydrogen) atoms. The molecule has 2 bridgehead atoms. The van der Waals surface area contributed by atoms with Crippen molar-refractivity contribution >= 4 is 11.0 Å². The number of furan rings is 1. The fourth-order valence-electron chi connectivity index (χ4n) is 3.95. The predicted molar refractivity (Wildman–Crippen MR) is 82.2 cm³/mol. The van der Waals surface area contributed by atoms with Crippen molar-refractivity contribution in [2.24, 2.45) is 5.73 Å². The van der Waals surface area contributed by atoms with Crippen LogP contribution in [0.5, 0.6) is 0 Å². The number of rotatable bonds is 3. The summed E-state index contributed by atoms with van der Waals surface area (Å²) in [4.78, 5) is 2.50. The zero-order valence-corrected chi connectivity index (χ0v) is 12.4. The zero-order chi connectivity index (χ0) is 14.4. The Morgan fingerprint density at radius 3 is 2.67 bits per heavy atom. The molecule has 0 aliphatic carbocycles. The Balaban J connectivity index is 1.73. The van der Waals surface area contributed by atoms with E-state index in [2.05, 4.69) is 17.0 Å². The summed E-state index contributed by atoms with van der Waals surface area (Å²) in [5.41, 5.74) is 8.36. The molecule has 2 N–H and O–H groups in total. The summed E-state index contributed by atoms with van der Waals surface area (Å²) >= 11 is 0. The van der Waals surface area contributed by atoms with E-state index in [0.29, 0.717) is 18.8 Å². The maximum absolute atomic E-state index is 6.14. The molecule has 4 heteroatoms. The van der Waals surface area contributed by atoms with Crippen molar-refractivity contribution in [3.8, 4) is 0 Å². The van der Waals surface area contributed by atoms with Gasteiger partial charge in [0.2, 0.25) is 0 Å². The van der Waals surface area contributed by atoms with E-state index in [9.17, 15) is 0 Å². The van der Waals surface area contributed by atoms with E-state index >= 15 is 0 Å². The van der Waals surface area contributed by atoms with Gasteiger partial charge < -0.3 is 14.9 Å². The largest absolute Gasteiger partial charge is 0.461 e. The first-order valence-electron chi connectivity index (χ1n) is 7.84. The third-order valence-electron chi connectivity index (χ3n) is 4.89. The quantitative estimate of drug-likeness (QED) is 0.942. The summed E-state index contributed by atoms with van der Waals surface area (Å²) in [5.74, 6) is 0.991. The minimum Gasteiger partial charge on any atom is -0.461 e. The number of benzene rings is 1. The summed E-state index contributed by atoms with van der Waals surface area (Å²) in [7, 11) is 0. The Kier molecular flexibility index (Phi) is 3.25. The summed E-state index contributed by atoms with van der Waals surface area (Å²) in [6, 6.07) is 8.47. The van der Waals surface area contributed by atoms with Gasteiger partial charge in [0, 0.05) is 30.6 Å². The summed E-state index contributed by atoms with van der Waals surface area (Å²) in [6.45, 7) is 4.63. The Morgan fingerprint density at radius 1 is 1.24 bits per heavy atom. The van der Waals surface area contributed by atoms with E-state index in [1.807, 2.05) is 19.1 Å². The lowest BCUT2D eigenvalue weighted by Crippen LogP contribution is -2.46. The molecule has 2 aliphatic heterocycles. The van der Waals surface area contributed by atoms with Gasteiger partial charge in [0.05, 0.1) is 18.2 Å². The number of hydrogen-bond donors (Lipinski definition) is 1. The second-order valence-corrected chi connectivity index (χ2v) is 6.23. The molecule has 3 atom stereocenters. The molecule has 2 fully saturated rings. The molecule has 3 heterocycles. The number of para-hydroxylation sites is 1. The van der Waals surface area contributed by atoms with Crippen LogP contribution in [0.1, 0.15) is 30.2 Å². The van der Waals surface area contributed by atoms with Gasteiger partial charge in [0.1, 0.15) is 11.3 Å². The van der Waals surface area contributed by atoms with Crippen LogP contribution in [0.15, 0.2) is 28.7 Å². The average molecular weight is 286 g/mol. The van der Waals surface area contributed by atoms with Crippen LogP contribution in [0.3, 0.4) is 0 Å². The molecule has 4 nitrogen and oxygen atoms in total. The van der Waals surface area contributed by atoms with Crippen LogP contribution in [0.25, 0.3) is 11.0 Å². The van der Waals surface area contributed by atoms with E-state index < -0.39 is 0 Å². The lowest BCUT2D eigenvalue weighted by molar-refractivity contribution is -0.0521. The summed E-state index contributed by atoms with van der Waals surface area (Å²) in [5, 5.41) is 1.20. The smallest absolute Gasteiger partial charge is 0.134 e. The second-order valence-electron chi connectivity index (χ2n) is 6.23. The monoisotopic (exact) mass is 286 g/mol. The van der Waals surface area contributed by atoms with Gasteiger partial charge in [-0.05, 0) is 25.8 Å². The molecular weight excluding hydrogens is 264 g/mol. The van der Waals surface area contributed by atoms with E-state index in [1.54, 1.807) is 0 Å². The first kappa shape index (κ1) is 13.3. The van der Waals surface area contributed by atoms with Crippen LogP contribution in [-0.4, -0.2) is 36.7 Å². The highest BCUT2D eigenvalue weighted by Crippen LogP contribution is 2.36. The van der Waals surface area contributed by atoms with Crippen molar-refractivity contribution in [3.05, 3.63) is 35.6 Å². The fraction of sp³-hybridized carbons (Fsp3) is 0.529. The van der Waals surface area contributed by atoms with E-state index in [0.717, 1.165) is 24.4 Å². The fourth-order valence-corrected chi connectivity index (χ4v) is 3.95. The molecule has 3 unspecified atom stereocenters. The number of hydrogen-bond acceptors (Lipinski definition) is 4. The van der Waals surface area contributed by atoms with Gasteiger partial charge in [0.15, 0.2) is 0 Å². The second kappa shape index (κ2) is 5.13. The van der Waals surface area contributed by atoms with Crippen LogP contribution in [0.4, 0.5) is 0 Å². The van der Waals surface area contributed by atoms with Crippen molar-refractivity contribution < 1.29 is 9.15 Å². The number of fused-ring (bicyclic) bond motifs is 3. The van der Waals surface area contributed by atoms with E-state index in [-0.39, 0.29) is 6.04 Å². The van der Waals surface area contributed by atoms with Crippen LogP contribution in [0.2, 0.25) is 0 Å². The highest BCUT2D eigenvalue weighted by molar-refractivity contribution is 5.82. The molecule has 1 aromatic carbocycles. The molecule has 0 saturated carbocycles. The molecule has 112 valence electrons. The van der Waals surface area contributed by atoms with Gasteiger partial charge in [-0.2, -0.15) is 0 Å². The Bertz CT molecular complexity index is 639. The van der Waals surface area contributed by atoms with Crippen LogP contribution in [0, 0.1) is 6.92 Å². The molecule has 1 aromatic heterocycles. The molecule has 2 saturated heterocycles. The highest BCUT2D eigenvalue weighted by atomic mass is 16.5. The summed E-state index contributed by atoms with van der Waals surface area (Å²) < 4.78 is 11.9. The normalized spacial score (nSPS) is 27.3. The van der Waals surface area contributed by atoms with Crippen molar-refractivity contribution in [3.63, 3.8) is 0 Å². The van der Waals surface area contributed by atoms with Gasteiger partial charge in [-0.25, -0.2) is 0 Å². The van der Waals surface area contributed by atoms with E-state index in [1.165, 1.54) is 23.8 Å². The van der Waals surface area contributed by atoms with Crippen molar-refractivity contribution in [2.45, 2.75) is 38.0 Å². The lowest BCUT2D eigenvalue weighted by atomic mass is 10.0. The lowest BCUT2D eigenvalue weighted by Gasteiger charge is -2.37. The standard InChI is InChI=1S/C17H22N2O2/c1-11-17(14-4-2-3-5-16(14)20-11)15(8-18)19-9-12-6-7-13(10-19)21-12/h2-5,12-13,15H,6-10,18H2,1H3. The molecule has 2 aromatic rings. The Morgan fingerprint density at radius 2 is 1.95 bits per heavy atom. The molecule has 4 rings (SSSR count). The van der Waals surface area contributed by atoms with Gasteiger partial charge >= 0.3 is 0 Å². The minimum atomic E-state index is 0.223. The number of nitrogens with two attached hydrogens (primary N) is 1. The number of likely N-dealkylation sites (tertiary alicyclic amines) is 1. The topological polar surface area (TPSA) is 51.6 Å². The minimum absolute atomic E-state index is 0.223. The number of ether oxygens (including phenoxy) is 1. The first-order chi connectivity index (χ1) is 10.3. The maximum atomic E-state index is 6.14. The Labute approximate surface area is 124 Å². The van der Waals surface area contributed by atoms with E-state index in [4.69, 9.17) is 14.9 Å². The first-order valence-corrected chi connectivity index (χ1v) is 7.84. The van der Waals surface area contributed by atoms with Crippen LogP contribution >= 0.6 is 0 Å². The molecule has 0 spiro atoms. The van der Waals surface area contributed by atoms with Crippen LogP contribution < -0.4 is 5.73 Å². The highest BCUT2D eigenvalue weighted by Gasteiger charge is 2.37. The molecule has 0 radical (unpaired) electrons. The average Bonchev–Trinajstić information content (AvgIpc) is 3.00. The van der Waals surface area contributed by atoms with Gasteiger partial charge in [-0.3, -0.25) is 4.90 Å². The number of morpholine rings is 1. The zero-order valence-electron chi connectivity index (χ0n) is 12.4. The third-order valence-corrected chi connectivity index (χ3v) is 4.89. The van der Waals surface area contributed by atoms with Crippen LogP contribution in [-0.2, 0) is 4.74 Å². The molecule has 2 aliphatic rings. The molecular formula is C17H22N2O2. The SMILES string of the molecule is Cc1oc2ccccc2c1C(CN)N1CC2CCC(C1)O2. The van der Waals surface area contributed by atoms with Gasteiger partial charge in [-0.15, -0.1) is 0 Å². The maximum Gasteiger partial charge on any atom is 0.134 e. The third kappa shape index (κ3) is 2.18. The predicted octanol–water partition coefficient (Wildman–Crippen LogP) is 2.60. The van der Waals surface area contributed by atoms with Crippen molar-refractivity contribution in [2.75, 3.05) is 19.6 Å². The van der Waals surface area contributed by atoms with Crippen molar-refractivity contribution in [1.82, 2.24) is 4.90 Å².